The second-order valence-electron chi connectivity index (χ2n) is 4.60. The van der Waals surface area contributed by atoms with Gasteiger partial charge in [0.25, 0.3) is 0 Å². The summed E-state index contributed by atoms with van der Waals surface area (Å²) >= 11 is 1.37. The van der Waals surface area contributed by atoms with Gasteiger partial charge in [0.2, 0.25) is 10.0 Å². The fourth-order valence-electron chi connectivity index (χ4n) is 1.63. The fraction of sp³-hybridized carbons (Fsp3) is 0.667. The lowest BCUT2D eigenvalue weighted by Crippen LogP contribution is -2.23. The molecule has 2 N–H and O–H groups in total. The van der Waals surface area contributed by atoms with E-state index in [0.29, 0.717) is 16.8 Å². The third kappa shape index (κ3) is 4.05. The van der Waals surface area contributed by atoms with Gasteiger partial charge in [0.05, 0.1) is 0 Å². The second-order valence-corrected chi connectivity index (χ2v) is 7.76. The molecule has 0 aliphatic heterocycles. The molecule has 102 valence electrons. The first-order chi connectivity index (χ1) is 8.62. The summed E-state index contributed by atoms with van der Waals surface area (Å²) in [5, 5.41) is 3.43. The Kier molecular flexibility index (Phi) is 4.77. The van der Waals surface area contributed by atoms with Crippen molar-refractivity contribution in [3.63, 3.8) is 0 Å². The first kappa shape index (κ1) is 14.0. The summed E-state index contributed by atoms with van der Waals surface area (Å²) in [5.74, 6) is 0. The number of rotatable bonds is 8. The molecule has 4 nitrogen and oxygen atoms in total. The van der Waals surface area contributed by atoms with Crippen LogP contribution < -0.4 is 10.0 Å². The van der Waals surface area contributed by atoms with Crippen LogP contribution in [0.5, 0.6) is 0 Å². The molecule has 1 fully saturated rings. The molecule has 1 aromatic heterocycles. The summed E-state index contributed by atoms with van der Waals surface area (Å²) in [6.07, 6.45) is 4.28. The molecule has 0 saturated heterocycles. The fourth-order valence-corrected chi connectivity index (χ4v) is 4.17. The Morgan fingerprint density at radius 2 is 2.11 bits per heavy atom. The van der Waals surface area contributed by atoms with Crippen LogP contribution in [0.15, 0.2) is 16.3 Å². The van der Waals surface area contributed by atoms with E-state index in [-0.39, 0.29) is 0 Å². The smallest absolute Gasteiger partial charge is 0.250 e. The van der Waals surface area contributed by atoms with E-state index in [4.69, 9.17) is 0 Å². The standard InChI is InChI=1S/C12H20N2O2S2/c1-2-8-14-18(15,16)12-6-5-11(17-12)7-9-13-10-3-4-10/h5-6,10,13-14H,2-4,7-9H2,1H3. The predicted molar refractivity (Wildman–Crippen MR) is 74.5 cm³/mol. The highest BCUT2D eigenvalue weighted by Gasteiger charge is 2.20. The number of sulfonamides is 1. The Balaban J connectivity index is 1.87. The average molecular weight is 288 g/mol. The van der Waals surface area contributed by atoms with Gasteiger partial charge < -0.3 is 5.32 Å². The molecular formula is C12H20N2O2S2. The maximum atomic E-state index is 11.9. The summed E-state index contributed by atoms with van der Waals surface area (Å²) in [6, 6.07) is 4.33. The van der Waals surface area contributed by atoms with Crippen LogP contribution in [0.3, 0.4) is 0 Å². The normalized spacial score (nSPS) is 16.1. The van der Waals surface area contributed by atoms with E-state index in [0.717, 1.165) is 24.3 Å². The highest BCUT2D eigenvalue weighted by molar-refractivity contribution is 7.91. The molecule has 0 radical (unpaired) electrons. The van der Waals surface area contributed by atoms with E-state index in [9.17, 15) is 8.42 Å². The van der Waals surface area contributed by atoms with Crippen molar-refractivity contribution < 1.29 is 8.42 Å². The van der Waals surface area contributed by atoms with E-state index in [1.54, 1.807) is 6.07 Å². The zero-order valence-electron chi connectivity index (χ0n) is 10.6. The monoisotopic (exact) mass is 288 g/mol. The quantitative estimate of drug-likeness (QED) is 0.766. The molecule has 1 aliphatic carbocycles. The zero-order chi connectivity index (χ0) is 13.0. The summed E-state index contributed by atoms with van der Waals surface area (Å²) in [7, 11) is -3.28. The highest BCUT2D eigenvalue weighted by Crippen LogP contribution is 2.22. The molecule has 0 amide bonds. The summed E-state index contributed by atoms with van der Waals surface area (Å²) in [4.78, 5) is 1.13. The van der Waals surface area contributed by atoms with Crippen molar-refractivity contribution in [1.29, 1.82) is 0 Å². The minimum atomic E-state index is -3.28. The van der Waals surface area contributed by atoms with E-state index < -0.39 is 10.0 Å². The first-order valence-electron chi connectivity index (χ1n) is 6.43. The molecule has 1 aromatic rings. The van der Waals surface area contributed by atoms with E-state index >= 15 is 0 Å². The largest absolute Gasteiger partial charge is 0.314 e. The SMILES string of the molecule is CCCNS(=O)(=O)c1ccc(CCNC2CC2)s1. The Hall–Kier alpha value is -0.430. The summed E-state index contributed by atoms with van der Waals surface area (Å²) < 4.78 is 26.8. The van der Waals surface area contributed by atoms with Crippen LogP contribution in [0, 0.1) is 0 Å². The predicted octanol–water partition coefficient (Wildman–Crippen LogP) is 1.73. The van der Waals surface area contributed by atoms with Gasteiger partial charge in [-0.25, -0.2) is 13.1 Å². The van der Waals surface area contributed by atoms with Gasteiger partial charge in [-0.05, 0) is 37.8 Å². The maximum Gasteiger partial charge on any atom is 0.250 e. The average Bonchev–Trinajstić information content (AvgIpc) is 3.02. The Labute approximate surface area is 113 Å². The van der Waals surface area contributed by atoms with Gasteiger partial charge in [0.1, 0.15) is 4.21 Å². The Bertz CT molecular complexity index is 478. The van der Waals surface area contributed by atoms with Crippen LogP contribution in [-0.2, 0) is 16.4 Å². The zero-order valence-corrected chi connectivity index (χ0v) is 12.2. The summed E-state index contributed by atoms with van der Waals surface area (Å²) in [5.41, 5.74) is 0. The molecule has 1 saturated carbocycles. The van der Waals surface area contributed by atoms with Crippen molar-refractivity contribution in [2.75, 3.05) is 13.1 Å². The molecule has 2 rings (SSSR count). The molecule has 0 bridgehead atoms. The van der Waals surface area contributed by atoms with Crippen LogP contribution in [-0.4, -0.2) is 27.5 Å². The molecule has 1 heterocycles. The lowest BCUT2D eigenvalue weighted by atomic mass is 10.3. The third-order valence-electron chi connectivity index (χ3n) is 2.83. The molecule has 1 aliphatic rings. The van der Waals surface area contributed by atoms with Crippen LogP contribution in [0.25, 0.3) is 0 Å². The van der Waals surface area contributed by atoms with Gasteiger partial charge in [0.15, 0.2) is 0 Å². The molecule has 0 unspecified atom stereocenters. The van der Waals surface area contributed by atoms with Gasteiger partial charge in [0, 0.05) is 24.0 Å². The van der Waals surface area contributed by atoms with Crippen molar-refractivity contribution in [3.05, 3.63) is 17.0 Å². The molecule has 0 aromatic carbocycles. The van der Waals surface area contributed by atoms with Gasteiger partial charge in [-0.15, -0.1) is 11.3 Å². The van der Waals surface area contributed by atoms with Crippen LogP contribution >= 0.6 is 11.3 Å². The van der Waals surface area contributed by atoms with Crippen LogP contribution in [0.4, 0.5) is 0 Å². The van der Waals surface area contributed by atoms with Crippen LogP contribution in [0.2, 0.25) is 0 Å². The molecule has 18 heavy (non-hydrogen) atoms. The Morgan fingerprint density at radius 3 is 2.78 bits per heavy atom. The van der Waals surface area contributed by atoms with Gasteiger partial charge in [-0.1, -0.05) is 6.92 Å². The third-order valence-corrected chi connectivity index (χ3v) is 5.92. The minimum Gasteiger partial charge on any atom is -0.314 e. The number of hydrogen-bond acceptors (Lipinski definition) is 4. The van der Waals surface area contributed by atoms with Crippen molar-refractivity contribution in [2.45, 2.75) is 42.9 Å². The maximum absolute atomic E-state index is 11.9. The lowest BCUT2D eigenvalue weighted by Gasteiger charge is -2.02. The van der Waals surface area contributed by atoms with Gasteiger partial charge in [-0.2, -0.15) is 0 Å². The van der Waals surface area contributed by atoms with Crippen molar-refractivity contribution in [3.8, 4) is 0 Å². The summed E-state index contributed by atoms with van der Waals surface area (Å²) in [6.45, 7) is 3.39. The topological polar surface area (TPSA) is 58.2 Å². The van der Waals surface area contributed by atoms with E-state index in [1.165, 1.54) is 24.2 Å². The van der Waals surface area contributed by atoms with Gasteiger partial charge in [-0.3, -0.25) is 0 Å². The molecular weight excluding hydrogens is 268 g/mol. The second kappa shape index (κ2) is 6.14. The minimum absolute atomic E-state index is 0.428. The molecule has 0 spiro atoms. The van der Waals surface area contributed by atoms with E-state index in [1.807, 2.05) is 13.0 Å². The highest BCUT2D eigenvalue weighted by atomic mass is 32.2. The Morgan fingerprint density at radius 1 is 1.33 bits per heavy atom. The van der Waals surface area contributed by atoms with Crippen molar-refractivity contribution >= 4 is 21.4 Å². The van der Waals surface area contributed by atoms with E-state index in [2.05, 4.69) is 10.0 Å². The molecule has 0 atom stereocenters. The van der Waals surface area contributed by atoms with Crippen molar-refractivity contribution in [1.82, 2.24) is 10.0 Å². The van der Waals surface area contributed by atoms with Crippen molar-refractivity contribution in [2.24, 2.45) is 0 Å². The number of hydrogen-bond donors (Lipinski definition) is 2. The first-order valence-corrected chi connectivity index (χ1v) is 8.73. The number of nitrogens with one attached hydrogen (secondary N) is 2. The van der Waals surface area contributed by atoms with Gasteiger partial charge >= 0.3 is 0 Å². The van der Waals surface area contributed by atoms with Crippen LogP contribution in [0.1, 0.15) is 31.1 Å². The molecule has 6 heteroatoms. The lowest BCUT2D eigenvalue weighted by molar-refractivity contribution is 0.583. The number of thiophene rings is 1.